The maximum atomic E-state index is 5.88. The van der Waals surface area contributed by atoms with Crippen LogP contribution in [0, 0.1) is 3.57 Å². The molecule has 2 N–H and O–H groups in total. The van der Waals surface area contributed by atoms with Crippen molar-refractivity contribution in [2.45, 2.75) is 0 Å². The van der Waals surface area contributed by atoms with Gasteiger partial charge in [0.05, 0.1) is 0 Å². The first-order chi connectivity index (χ1) is 6.16. The van der Waals surface area contributed by atoms with E-state index in [1.807, 2.05) is 30.3 Å². The maximum Gasteiger partial charge on any atom is 0.0456 e. The highest BCUT2D eigenvalue weighted by molar-refractivity contribution is 14.1. The first-order valence-corrected chi connectivity index (χ1v) is 5.27. The fourth-order valence-corrected chi connectivity index (χ4v) is 1.93. The zero-order valence-electron chi connectivity index (χ0n) is 6.72. The van der Waals surface area contributed by atoms with Crippen molar-refractivity contribution in [1.29, 1.82) is 0 Å². The normalized spacial score (nSPS) is 10.6. The van der Waals surface area contributed by atoms with Crippen molar-refractivity contribution >= 4 is 50.7 Å². The highest BCUT2D eigenvalue weighted by Crippen LogP contribution is 2.25. The molecular formula is C10H7ClIN. The third-order valence-electron chi connectivity index (χ3n) is 1.92. The summed E-state index contributed by atoms with van der Waals surface area (Å²) in [4.78, 5) is 0. The first kappa shape index (κ1) is 9.09. The molecule has 2 rings (SSSR count). The molecule has 0 aliphatic rings. The van der Waals surface area contributed by atoms with E-state index >= 15 is 0 Å². The van der Waals surface area contributed by atoms with Gasteiger partial charge >= 0.3 is 0 Å². The molecule has 3 heteroatoms. The second-order valence-electron chi connectivity index (χ2n) is 2.87. The van der Waals surface area contributed by atoms with Crippen LogP contribution in [0.1, 0.15) is 0 Å². The topological polar surface area (TPSA) is 26.0 Å². The number of nitrogen functional groups attached to an aromatic ring is 1. The van der Waals surface area contributed by atoms with E-state index in [0.717, 1.165) is 25.1 Å². The van der Waals surface area contributed by atoms with E-state index in [9.17, 15) is 0 Å². The number of hydrogen-bond donors (Lipinski definition) is 1. The number of benzene rings is 2. The lowest BCUT2D eigenvalue weighted by Gasteiger charge is -2.02. The van der Waals surface area contributed by atoms with Gasteiger partial charge in [0.15, 0.2) is 0 Å². The van der Waals surface area contributed by atoms with Gasteiger partial charge in [-0.2, -0.15) is 0 Å². The Kier molecular flexibility index (Phi) is 2.34. The van der Waals surface area contributed by atoms with E-state index in [4.69, 9.17) is 17.3 Å². The zero-order valence-corrected chi connectivity index (χ0v) is 9.63. The quantitative estimate of drug-likeness (QED) is 0.583. The highest BCUT2D eigenvalue weighted by Gasteiger charge is 1.99. The van der Waals surface area contributed by atoms with Gasteiger partial charge in [-0.25, -0.2) is 0 Å². The smallest absolute Gasteiger partial charge is 0.0456 e. The van der Waals surface area contributed by atoms with Crippen LogP contribution in [0.5, 0.6) is 0 Å². The third kappa shape index (κ3) is 1.74. The van der Waals surface area contributed by atoms with E-state index in [0.29, 0.717) is 0 Å². The Labute approximate surface area is 95.0 Å². The van der Waals surface area contributed by atoms with E-state index < -0.39 is 0 Å². The standard InChI is InChI=1S/C10H7ClIN/c11-8-2-1-6-5-10(13)9(12)4-7(6)3-8/h1-5H,13H2. The fourth-order valence-electron chi connectivity index (χ4n) is 1.26. The minimum absolute atomic E-state index is 0.757. The van der Waals surface area contributed by atoms with Gasteiger partial charge in [0, 0.05) is 14.3 Å². The molecular weight excluding hydrogens is 296 g/mol. The molecule has 0 saturated heterocycles. The number of fused-ring (bicyclic) bond motifs is 1. The number of anilines is 1. The molecule has 0 heterocycles. The molecule has 2 aromatic carbocycles. The van der Waals surface area contributed by atoms with E-state index in [-0.39, 0.29) is 0 Å². The van der Waals surface area contributed by atoms with Crippen molar-refractivity contribution in [3.63, 3.8) is 0 Å². The molecule has 0 saturated carbocycles. The molecule has 1 nitrogen and oxygen atoms in total. The van der Waals surface area contributed by atoms with Gasteiger partial charge in [-0.3, -0.25) is 0 Å². The summed E-state index contributed by atoms with van der Waals surface area (Å²) in [6.45, 7) is 0. The lowest BCUT2D eigenvalue weighted by molar-refractivity contribution is 1.67. The molecule has 66 valence electrons. The number of hydrogen-bond acceptors (Lipinski definition) is 1. The minimum Gasteiger partial charge on any atom is -0.398 e. The van der Waals surface area contributed by atoms with E-state index in [2.05, 4.69) is 22.6 Å². The summed E-state index contributed by atoms with van der Waals surface area (Å²) in [7, 11) is 0. The number of rotatable bonds is 0. The minimum atomic E-state index is 0.757. The van der Waals surface area contributed by atoms with Gasteiger partial charge < -0.3 is 5.73 Å². The maximum absolute atomic E-state index is 5.88. The second kappa shape index (κ2) is 3.35. The van der Waals surface area contributed by atoms with Gasteiger partial charge in [0.2, 0.25) is 0 Å². The number of nitrogens with two attached hydrogens (primary N) is 1. The summed E-state index contributed by atoms with van der Waals surface area (Å²) in [5.41, 5.74) is 6.60. The van der Waals surface area contributed by atoms with Crippen molar-refractivity contribution in [2.24, 2.45) is 0 Å². The Morgan fingerprint density at radius 1 is 1.08 bits per heavy atom. The predicted molar refractivity (Wildman–Crippen MR) is 66.1 cm³/mol. The molecule has 0 atom stereocenters. The summed E-state index contributed by atoms with van der Waals surface area (Å²) >= 11 is 8.09. The molecule has 2 aromatic rings. The van der Waals surface area contributed by atoms with Crippen LogP contribution in [0.25, 0.3) is 10.8 Å². The molecule has 0 aliphatic carbocycles. The summed E-state index contributed by atoms with van der Waals surface area (Å²) in [6, 6.07) is 9.79. The van der Waals surface area contributed by atoms with Gasteiger partial charge in [0.1, 0.15) is 0 Å². The largest absolute Gasteiger partial charge is 0.398 e. The van der Waals surface area contributed by atoms with Crippen molar-refractivity contribution < 1.29 is 0 Å². The van der Waals surface area contributed by atoms with Gasteiger partial charge in [-0.1, -0.05) is 17.7 Å². The molecule has 0 bridgehead atoms. The van der Waals surface area contributed by atoms with Crippen LogP contribution in [0.15, 0.2) is 30.3 Å². The fraction of sp³-hybridized carbons (Fsp3) is 0. The van der Waals surface area contributed by atoms with E-state index in [1.54, 1.807) is 0 Å². The Hall–Kier alpha value is -0.480. The van der Waals surface area contributed by atoms with Crippen molar-refractivity contribution in [2.75, 3.05) is 5.73 Å². The van der Waals surface area contributed by atoms with Crippen LogP contribution < -0.4 is 5.73 Å². The SMILES string of the molecule is Nc1cc2ccc(Cl)cc2cc1I. The highest BCUT2D eigenvalue weighted by atomic mass is 127. The molecule has 0 fully saturated rings. The average molecular weight is 304 g/mol. The lowest BCUT2D eigenvalue weighted by atomic mass is 10.1. The van der Waals surface area contributed by atoms with Crippen LogP contribution in [0.3, 0.4) is 0 Å². The molecule has 0 amide bonds. The monoisotopic (exact) mass is 303 g/mol. The third-order valence-corrected chi connectivity index (χ3v) is 3.09. The molecule has 0 radical (unpaired) electrons. The predicted octanol–water partition coefficient (Wildman–Crippen LogP) is 3.68. The van der Waals surface area contributed by atoms with Crippen molar-refractivity contribution in [3.05, 3.63) is 38.9 Å². The van der Waals surface area contributed by atoms with Crippen LogP contribution in [-0.2, 0) is 0 Å². The van der Waals surface area contributed by atoms with Gasteiger partial charge in [-0.15, -0.1) is 0 Å². The molecule has 0 aromatic heterocycles. The Balaban J connectivity index is 2.81. The molecule has 0 spiro atoms. The van der Waals surface area contributed by atoms with Crippen molar-refractivity contribution in [1.82, 2.24) is 0 Å². The second-order valence-corrected chi connectivity index (χ2v) is 4.46. The molecule has 0 aliphatic heterocycles. The lowest BCUT2D eigenvalue weighted by Crippen LogP contribution is -1.88. The Bertz CT molecular complexity index is 468. The summed E-state index contributed by atoms with van der Waals surface area (Å²) < 4.78 is 1.06. The van der Waals surface area contributed by atoms with Crippen LogP contribution in [0.4, 0.5) is 5.69 Å². The Morgan fingerprint density at radius 2 is 1.85 bits per heavy atom. The summed E-state index contributed by atoms with van der Waals surface area (Å²) in [5, 5.41) is 3.02. The molecule has 13 heavy (non-hydrogen) atoms. The van der Waals surface area contributed by atoms with Crippen LogP contribution in [-0.4, -0.2) is 0 Å². The van der Waals surface area contributed by atoms with Crippen molar-refractivity contribution in [3.8, 4) is 0 Å². The Morgan fingerprint density at radius 3 is 2.62 bits per heavy atom. The zero-order chi connectivity index (χ0) is 9.42. The van der Waals surface area contributed by atoms with Crippen LogP contribution in [0.2, 0.25) is 5.02 Å². The van der Waals surface area contributed by atoms with E-state index in [1.165, 1.54) is 0 Å². The number of halogens is 2. The van der Waals surface area contributed by atoms with Crippen LogP contribution >= 0.6 is 34.2 Å². The van der Waals surface area contributed by atoms with Gasteiger partial charge in [0.25, 0.3) is 0 Å². The van der Waals surface area contributed by atoms with Gasteiger partial charge in [-0.05, 0) is 57.6 Å². The first-order valence-electron chi connectivity index (χ1n) is 3.81. The average Bonchev–Trinajstić information content (AvgIpc) is 2.08. The summed E-state index contributed by atoms with van der Waals surface area (Å²) in [5.74, 6) is 0. The summed E-state index contributed by atoms with van der Waals surface area (Å²) in [6.07, 6.45) is 0. The molecule has 0 unspecified atom stereocenters.